The first-order valence-corrected chi connectivity index (χ1v) is 9.86. The number of aliphatic imine (C=N–C) groups is 1. The molecular formula is C21H34N4O4. The van der Waals surface area contributed by atoms with Gasteiger partial charge in [0.15, 0.2) is 17.5 Å². The standard InChI is InChI=1S/C21H34N4O4/c1-22-20(24-14-21(11-7-8-12-21)19(26)25(2)3)23-13-15-9-10-16(27-4)18(29-6)17(15)28-5/h9-10H,7-8,11-14H2,1-6H3,(H2,22,23,24). The van der Waals surface area contributed by atoms with E-state index < -0.39 is 0 Å². The summed E-state index contributed by atoms with van der Waals surface area (Å²) in [5.74, 6) is 2.60. The zero-order valence-corrected chi connectivity index (χ0v) is 18.4. The SMILES string of the molecule is CN=C(NCc1ccc(OC)c(OC)c1OC)NCC1(C(=O)N(C)C)CCCC1. The third-order valence-electron chi connectivity index (χ3n) is 5.47. The van der Waals surface area contributed by atoms with Gasteiger partial charge in [-0.3, -0.25) is 9.79 Å². The molecule has 1 aliphatic carbocycles. The van der Waals surface area contributed by atoms with Gasteiger partial charge in [-0.2, -0.15) is 0 Å². The normalized spacial score (nSPS) is 15.6. The van der Waals surface area contributed by atoms with Crippen molar-refractivity contribution in [1.29, 1.82) is 0 Å². The number of hydrogen-bond donors (Lipinski definition) is 2. The van der Waals surface area contributed by atoms with Gasteiger partial charge in [0.1, 0.15) is 0 Å². The van der Waals surface area contributed by atoms with Crippen LogP contribution in [-0.4, -0.2) is 65.8 Å². The Hall–Kier alpha value is -2.64. The van der Waals surface area contributed by atoms with Crippen molar-refractivity contribution >= 4 is 11.9 Å². The van der Waals surface area contributed by atoms with Crippen LogP contribution >= 0.6 is 0 Å². The van der Waals surface area contributed by atoms with Crippen molar-refractivity contribution < 1.29 is 19.0 Å². The molecule has 1 amide bonds. The highest BCUT2D eigenvalue weighted by Gasteiger charge is 2.42. The number of carbonyl (C=O) groups is 1. The Morgan fingerprint density at radius 3 is 2.24 bits per heavy atom. The minimum absolute atomic E-state index is 0.180. The summed E-state index contributed by atoms with van der Waals surface area (Å²) in [6, 6.07) is 3.77. The molecule has 1 saturated carbocycles. The number of nitrogens with one attached hydrogen (secondary N) is 2. The van der Waals surface area contributed by atoms with Crippen LogP contribution in [-0.2, 0) is 11.3 Å². The number of nitrogens with zero attached hydrogens (tertiary/aromatic N) is 2. The van der Waals surface area contributed by atoms with E-state index in [-0.39, 0.29) is 11.3 Å². The molecular weight excluding hydrogens is 372 g/mol. The van der Waals surface area contributed by atoms with Gasteiger partial charge in [-0.25, -0.2) is 0 Å². The number of hydrogen-bond acceptors (Lipinski definition) is 5. The van der Waals surface area contributed by atoms with Crippen molar-refractivity contribution in [2.45, 2.75) is 32.2 Å². The number of ether oxygens (including phenoxy) is 3. The van der Waals surface area contributed by atoms with Crippen LogP contribution in [0.3, 0.4) is 0 Å². The zero-order chi connectivity index (χ0) is 21.4. The van der Waals surface area contributed by atoms with Gasteiger partial charge < -0.3 is 29.7 Å². The Morgan fingerprint density at radius 1 is 1.07 bits per heavy atom. The molecule has 0 bridgehead atoms. The van der Waals surface area contributed by atoms with E-state index in [1.165, 1.54) is 0 Å². The molecule has 0 aromatic heterocycles. The fourth-order valence-electron chi connectivity index (χ4n) is 3.95. The Bertz CT molecular complexity index is 728. The van der Waals surface area contributed by atoms with Crippen LogP contribution in [0.4, 0.5) is 0 Å². The Labute approximate surface area is 173 Å². The lowest BCUT2D eigenvalue weighted by molar-refractivity contribution is -0.138. The van der Waals surface area contributed by atoms with Crippen molar-refractivity contribution in [2.24, 2.45) is 10.4 Å². The van der Waals surface area contributed by atoms with Gasteiger partial charge in [0.2, 0.25) is 11.7 Å². The Morgan fingerprint density at radius 2 is 1.72 bits per heavy atom. The van der Waals surface area contributed by atoms with E-state index in [4.69, 9.17) is 14.2 Å². The second-order valence-corrected chi connectivity index (χ2v) is 7.46. The molecule has 1 aliphatic rings. The molecule has 1 aromatic carbocycles. The molecule has 8 heteroatoms. The fourth-order valence-corrected chi connectivity index (χ4v) is 3.95. The topological polar surface area (TPSA) is 84.4 Å². The maximum Gasteiger partial charge on any atom is 0.230 e. The molecule has 1 aromatic rings. The highest BCUT2D eigenvalue weighted by Crippen LogP contribution is 2.40. The number of rotatable bonds is 8. The van der Waals surface area contributed by atoms with E-state index in [1.807, 2.05) is 26.2 Å². The van der Waals surface area contributed by atoms with Crippen LogP contribution < -0.4 is 24.8 Å². The number of carbonyl (C=O) groups excluding carboxylic acids is 1. The molecule has 2 rings (SSSR count). The van der Waals surface area contributed by atoms with Crippen LogP contribution in [0, 0.1) is 5.41 Å². The van der Waals surface area contributed by atoms with E-state index in [2.05, 4.69) is 15.6 Å². The average Bonchev–Trinajstić information content (AvgIpc) is 3.22. The summed E-state index contributed by atoms with van der Waals surface area (Å²) in [7, 11) is 10.1. The van der Waals surface area contributed by atoms with E-state index in [0.29, 0.717) is 36.3 Å². The monoisotopic (exact) mass is 406 g/mol. The van der Waals surface area contributed by atoms with E-state index in [9.17, 15) is 4.79 Å². The summed E-state index contributed by atoms with van der Waals surface area (Å²) >= 11 is 0. The molecule has 0 spiro atoms. The highest BCUT2D eigenvalue weighted by molar-refractivity contribution is 5.85. The molecule has 0 saturated heterocycles. The number of benzene rings is 1. The minimum atomic E-state index is -0.359. The molecule has 29 heavy (non-hydrogen) atoms. The fraction of sp³-hybridized carbons (Fsp3) is 0.619. The molecule has 0 heterocycles. The third kappa shape index (κ3) is 5.05. The van der Waals surface area contributed by atoms with Gasteiger partial charge in [0.25, 0.3) is 0 Å². The van der Waals surface area contributed by atoms with Crippen molar-refractivity contribution in [3.05, 3.63) is 17.7 Å². The van der Waals surface area contributed by atoms with Gasteiger partial charge in [0.05, 0.1) is 26.7 Å². The molecule has 162 valence electrons. The minimum Gasteiger partial charge on any atom is -0.493 e. The summed E-state index contributed by atoms with van der Waals surface area (Å²) in [6.07, 6.45) is 3.96. The molecule has 8 nitrogen and oxygen atoms in total. The molecule has 2 N–H and O–H groups in total. The Balaban J connectivity index is 2.07. The molecule has 0 aliphatic heterocycles. The van der Waals surface area contributed by atoms with Gasteiger partial charge in [-0.15, -0.1) is 0 Å². The largest absolute Gasteiger partial charge is 0.493 e. The summed E-state index contributed by atoms with van der Waals surface area (Å²) in [5.41, 5.74) is 0.551. The number of methoxy groups -OCH3 is 3. The molecule has 0 atom stereocenters. The summed E-state index contributed by atoms with van der Waals surface area (Å²) < 4.78 is 16.3. The van der Waals surface area contributed by atoms with Crippen LogP contribution in [0.15, 0.2) is 17.1 Å². The summed E-state index contributed by atoms with van der Waals surface area (Å²) in [4.78, 5) is 18.7. The maximum absolute atomic E-state index is 12.7. The van der Waals surface area contributed by atoms with Gasteiger partial charge in [0, 0.05) is 39.8 Å². The van der Waals surface area contributed by atoms with Gasteiger partial charge in [-0.1, -0.05) is 12.8 Å². The second-order valence-electron chi connectivity index (χ2n) is 7.46. The van der Waals surface area contributed by atoms with E-state index in [1.54, 1.807) is 33.3 Å². The van der Waals surface area contributed by atoms with Gasteiger partial charge >= 0.3 is 0 Å². The molecule has 0 unspecified atom stereocenters. The van der Waals surface area contributed by atoms with Crippen LogP contribution in [0.2, 0.25) is 0 Å². The van der Waals surface area contributed by atoms with E-state index in [0.717, 1.165) is 31.2 Å². The quantitative estimate of drug-likeness (QED) is 0.508. The van der Waals surface area contributed by atoms with Crippen molar-refractivity contribution in [2.75, 3.05) is 49.0 Å². The van der Waals surface area contributed by atoms with Gasteiger partial charge in [-0.05, 0) is 25.0 Å². The van der Waals surface area contributed by atoms with Crippen molar-refractivity contribution in [1.82, 2.24) is 15.5 Å². The molecule has 0 radical (unpaired) electrons. The number of guanidine groups is 1. The lowest BCUT2D eigenvalue weighted by Crippen LogP contribution is -2.49. The lowest BCUT2D eigenvalue weighted by Gasteiger charge is -2.31. The Kier molecular flexibility index (Phi) is 7.99. The van der Waals surface area contributed by atoms with Crippen LogP contribution in [0.25, 0.3) is 0 Å². The first kappa shape index (κ1) is 22.6. The zero-order valence-electron chi connectivity index (χ0n) is 18.4. The van der Waals surface area contributed by atoms with Crippen molar-refractivity contribution in [3.63, 3.8) is 0 Å². The first-order valence-electron chi connectivity index (χ1n) is 9.86. The number of amides is 1. The molecule has 1 fully saturated rings. The van der Waals surface area contributed by atoms with E-state index >= 15 is 0 Å². The predicted molar refractivity (Wildman–Crippen MR) is 114 cm³/mol. The average molecular weight is 407 g/mol. The summed E-state index contributed by atoms with van der Waals surface area (Å²) in [6.45, 7) is 1.05. The van der Waals surface area contributed by atoms with Crippen LogP contribution in [0.1, 0.15) is 31.2 Å². The van der Waals surface area contributed by atoms with Crippen molar-refractivity contribution in [3.8, 4) is 17.2 Å². The predicted octanol–water partition coefficient (Wildman–Crippen LogP) is 2.03. The third-order valence-corrected chi connectivity index (χ3v) is 5.47. The highest BCUT2D eigenvalue weighted by atomic mass is 16.5. The van der Waals surface area contributed by atoms with Crippen LogP contribution in [0.5, 0.6) is 17.2 Å². The lowest BCUT2D eigenvalue weighted by atomic mass is 9.84. The first-order chi connectivity index (χ1) is 13.9. The second kappa shape index (κ2) is 10.2. The maximum atomic E-state index is 12.7. The smallest absolute Gasteiger partial charge is 0.230 e. The summed E-state index contributed by atoms with van der Waals surface area (Å²) in [5, 5.41) is 6.64.